The van der Waals surface area contributed by atoms with E-state index in [2.05, 4.69) is 18.3 Å². The Labute approximate surface area is 109 Å². The van der Waals surface area contributed by atoms with Gasteiger partial charge in [-0.05, 0) is 25.0 Å². The van der Waals surface area contributed by atoms with Gasteiger partial charge in [-0.25, -0.2) is 0 Å². The van der Waals surface area contributed by atoms with Crippen LogP contribution in [0.3, 0.4) is 0 Å². The Kier molecular flexibility index (Phi) is 4.62. The van der Waals surface area contributed by atoms with Crippen molar-refractivity contribution in [3.8, 4) is 0 Å². The Bertz CT molecular complexity index is 403. The van der Waals surface area contributed by atoms with E-state index in [4.69, 9.17) is 0 Å². The summed E-state index contributed by atoms with van der Waals surface area (Å²) >= 11 is 0. The first-order valence-electron chi connectivity index (χ1n) is 6.96. The second-order valence-electron chi connectivity index (χ2n) is 4.80. The Hall–Kier alpha value is -1.51. The number of hydrogen-bond acceptors (Lipinski definition) is 2. The number of benzene rings is 1. The summed E-state index contributed by atoms with van der Waals surface area (Å²) < 4.78 is 0. The molecule has 0 spiro atoms. The van der Waals surface area contributed by atoms with Crippen LogP contribution in [0.5, 0.6) is 0 Å². The summed E-state index contributed by atoms with van der Waals surface area (Å²) in [5.41, 5.74) is 2.13. The van der Waals surface area contributed by atoms with E-state index >= 15 is 0 Å². The monoisotopic (exact) mass is 246 g/mol. The molecule has 18 heavy (non-hydrogen) atoms. The fourth-order valence-corrected chi connectivity index (χ4v) is 2.36. The van der Waals surface area contributed by atoms with Crippen molar-refractivity contribution in [1.29, 1.82) is 0 Å². The van der Waals surface area contributed by atoms with Gasteiger partial charge >= 0.3 is 0 Å². The van der Waals surface area contributed by atoms with Gasteiger partial charge in [-0.15, -0.1) is 0 Å². The van der Waals surface area contributed by atoms with Crippen LogP contribution in [0.4, 0.5) is 11.4 Å². The first kappa shape index (κ1) is 12.9. The quantitative estimate of drug-likeness (QED) is 0.780. The molecule has 1 aromatic rings. The average molecular weight is 246 g/mol. The zero-order chi connectivity index (χ0) is 12.8. The van der Waals surface area contributed by atoms with Crippen molar-refractivity contribution in [2.24, 2.45) is 0 Å². The lowest BCUT2D eigenvalue weighted by Crippen LogP contribution is -2.24. The Morgan fingerprint density at radius 2 is 2.11 bits per heavy atom. The lowest BCUT2D eigenvalue weighted by molar-refractivity contribution is -0.117. The highest BCUT2D eigenvalue weighted by molar-refractivity contribution is 5.98. The molecule has 0 aliphatic carbocycles. The van der Waals surface area contributed by atoms with E-state index in [-0.39, 0.29) is 5.91 Å². The van der Waals surface area contributed by atoms with Gasteiger partial charge in [-0.1, -0.05) is 31.9 Å². The highest BCUT2D eigenvalue weighted by Gasteiger charge is 2.23. The maximum atomic E-state index is 11.8. The van der Waals surface area contributed by atoms with Crippen molar-refractivity contribution in [3.63, 3.8) is 0 Å². The first-order valence-corrected chi connectivity index (χ1v) is 6.96. The molecule has 0 atom stereocenters. The zero-order valence-electron chi connectivity index (χ0n) is 11.1. The maximum Gasteiger partial charge on any atom is 0.227 e. The molecule has 3 nitrogen and oxygen atoms in total. The molecule has 0 saturated carbocycles. The van der Waals surface area contributed by atoms with Gasteiger partial charge in [-0.3, -0.25) is 4.79 Å². The predicted octanol–water partition coefficient (Wildman–Crippen LogP) is 3.42. The molecule has 0 unspecified atom stereocenters. The van der Waals surface area contributed by atoms with Gasteiger partial charge in [0.25, 0.3) is 0 Å². The van der Waals surface area contributed by atoms with E-state index in [1.165, 1.54) is 19.3 Å². The molecule has 0 aromatic heterocycles. The average Bonchev–Trinajstić information content (AvgIpc) is 2.81. The number of rotatable bonds is 6. The van der Waals surface area contributed by atoms with Gasteiger partial charge in [0, 0.05) is 19.5 Å². The van der Waals surface area contributed by atoms with Crippen LogP contribution in [0.2, 0.25) is 0 Å². The third kappa shape index (κ3) is 3.03. The highest BCUT2D eigenvalue weighted by atomic mass is 16.2. The molecular weight excluding hydrogens is 224 g/mol. The molecule has 3 heteroatoms. The Morgan fingerprint density at radius 3 is 2.83 bits per heavy atom. The third-order valence-electron chi connectivity index (χ3n) is 3.36. The number of anilines is 2. The number of para-hydroxylation sites is 2. The molecule has 1 aliphatic rings. The molecule has 1 amide bonds. The zero-order valence-corrected chi connectivity index (χ0v) is 11.1. The summed E-state index contributed by atoms with van der Waals surface area (Å²) in [6.07, 6.45) is 5.32. The van der Waals surface area contributed by atoms with Crippen molar-refractivity contribution in [2.75, 3.05) is 23.3 Å². The Morgan fingerprint density at radius 1 is 1.28 bits per heavy atom. The molecule has 98 valence electrons. The van der Waals surface area contributed by atoms with Crippen LogP contribution in [-0.2, 0) is 4.79 Å². The third-order valence-corrected chi connectivity index (χ3v) is 3.36. The summed E-state index contributed by atoms with van der Waals surface area (Å²) in [5, 5.41) is 3.45. The number of nitrogens with zero attached hydrogens (tertiary/aromatic N) is 1. The summed E-state index contributed by atoms with van der Waals surface area (Å²) in [6.45, 7) is 4.04. The SMILES string of the molecule is CCCCCNc1ccccc1N1CCCC1=O. The van der Waals surface area contributed by atoms with E-state index in [1.54, 1.807) is 0 Å². The number of nitrogens with one attached hydrogen (secondary N) is 1. The standard InChI is InChI=1S/C15H22N2O/c1-2-3-6-11-16-13-8-4-5-9-14(13)17-12-7-10-15(17)18/h4-5,8-9,16H,2-3,6-7,10-12H2,1H3. The predicted molar refractivity (Wildman–Crippen MR) is 76.0 cm³/mol. The minimum Gasteiger partial charge on any atom is -0.383 e. The van der Waals surface area contributed by atoms with Crippen LogP contribution >= 0.6 is 0 Å². The minimum atomic E-state index is 0.248. The summed E-state index contributed by atoms with van der Waals surface area (Å²) in [7, 11) is 0. The molecule has 1 fully saturated rings. The van der Waals surface area contributed by atoms with Crippen LogP contribution in [0.15, 0.2) is 24.3 Å². The van der Waals surface area contributed by atoms with Gasteiger partial charge in [0.1, 0.15) is 0 Å². The van der Waals surface area contributed by atoms with E-state index < -0.39 is 0 Å². The van der Waals surface area contributed by atoms with Gasteiger partial charge in [0.05, 0.1) is 11.4 Å². The number of carbonyl (C=O) groups is 1. The fraction of sp³-hybridized carbons (Fsp3) is 0.533. The molecule has 0 bridgehead atoms. The summed E-state index contributed by atoms with van der Waals surface area (Å²) in [6, 6.07) is 8.11. The van der Waals surface area contributed by atoms with Gasteiger partial charge in [-0.2, -0.15) is 0 Å². The second kappa shape index (κ2) is 6.43. The number of carbonyl (C=O) groups excluding carboxylic acids is 1. The van der Waals surface area contributed by atoms with Crippen molar-refractivity contribution in [1.82, 2.24) is 0 Å². The van der Waals surface area contributed by atoms with Crippen LogP contribution < -0.4 is 10.2 Å². The second-order valence-corrected chi connectivity index (χ2v) is 4.80. The van der Waals surface area contributed by atoms with Crippen LogP contribution in [0.1, 0.15) is 39.0 Å². The smallest absolute Gasteiger partial charge is 0.227 e. The van der Waals surface area contributed by atoms with Gasteiger partial charge in [0.15, 0.2) is 0 Å². The largest absolute Gasteiger partial charge is 0.383 e. The lowest BCUT2D eigenvalue weighted by Gasteiger charge is -2.20. The van der Waals surface area contributed by atoms with Crippen LogP contribution in [0.25, 0.3) is 0 Å². The first-order chi connectivity index (χ1) is 8.83. The number of amides is 1. The van der Waals surface area contributed by atoms with Crippen LogP contribution in [-0.4, -0.2) is 19.0 Å². The topological polar surface area (TPSA) is 32.3 Å². The summed E-state index contributed by atoms with van der Waals surface area (Å²) in [4.78, 5) is 13.7. The molecule has 2 rings (SSSR count). The molecule has 1 aliphatic heterocycles. The van der Waals surface area contributed by atoms with E-state index in [1.807, 2.05) is 23.1 Å². The number of unbranched alkanes of at least 4 members (excludes halogenated alkanes) is 2. The fourth-order valence-electron chi connectivity index (χ4n) is 2.36. The Balaban J connectivity index is 2.03. The molecule has 1 aromatic carbocycles. The van der Waals surface area contributed by atoms with Crippen molar-refractivity contribution in [3.05, 3.63) is 24.3 Å². The van der Waals surface area contributed by atoms with Gasteiger partial charge < -0.3 is 10.2 Å². The highest BCUT2D eigenvalue weighted by Crippen LogP contribution is 2.29. The molecule has 0 radical (unpaired) electrons. The molecular formula is C15H22N2O. The van der Waals surface area contributed by atoms with Crippen molar-refractivity contribution < 1.29 is 4.79 Å². The normalized spacial score (nSPS) is 15.2. The molecule has 1 heterocycles. The van der Waals surface area contributed by atoms with Crippen molar-refractivity contribution >= 4 is 17.3 Å². The van der Waals surface area contributed by atoms with E-state index in [9.17, 15) is 4.79 Å². The van der Waals surface area contributed by atoms with Gasteiger partial charge in [0.2, 0.25) is 5.91 Å². The molecule has 1 N–H and O–H groups in total. The lowest BCUT2D eigenvalue weighted by atomic mass is 10.2. The number of hydrogen-bond donors (Lipinski definition) is 1. The minimum absolute atomic E-state index is 0.248. The van der Waals surface area contributed by atoms with E-state index in [0.717, 1.165) is 30.9 Å². The van der Waals surface area contributed by atoms with E-state index in [0.29, 0.717) is 6.42 Å². The maximum absolute atomic E-state index is 11.8. The van der Waals surface area contributed by atoms with Crippen molar-refractivity contribution in [2.45, 2.75) is 39.0 Å². The van der Waals surface area contributed by atoms with Crippen LogP contribution in [0, 0.1) is 0 Å². The summed E-state index contributed by atoms with van der Waals surface area (Å²) in [5.74, 6) is 0.248. The molecule has 1 saturated heterocycles.